The number of H-pyrrole nitrogens is 1. The number of nitrogens with one attached hydrogen (secondary N) is 1. The molecular weight excluding hydrogens is 274 g/mol. The van der Waals surface area contributed by atoms with Crippen LogP contribution in [0.4, 0.5) is 0 Å². The molecule has 0 atom stereocenters. The van der Waals surface area contributed by atoms with Gasteiger partial charge in [0, 0.05) is 16.5 Å². The monoisotopic (exact) mass is 285 g/mol. The largest absolute Gasteiger partial charge is 0.497 e. The minimum Gasteiger partial charge on any atom is -0.497 e. The molecule has 0 saturated heterocycles. The summed E-state index contributed by atoms with van der Waals surface area (Å²) in [6.45, 7) is 0. The fourth-order valence-corrected chi connectivity index (χ4v) is 2.52. The Morgan fingerprint density at radius 3 is 2.55 bits per heavy atom. The summed E-state index contributed by atoms with van der Waals surface area (Å²) in [6, 6.07) is 15.1. The zero-order valence-corrected chi connectivity index (χ0v) is 11.6. The summed E-state index contributed by atoms with van der Waals surface area (Å²) in [4.78, 5) is 14.7. The third-order valence-corrected chi connectivity index (χ3v) is 3.59. The highest BCUT2D eigenvalue weighted by molar-refractivity contribution is 6.34. The van der Waals surface area contributed by atoms with Crippen molar-refractivity contribution < 1.29 is 4.74 Å². The minimum absolute atomic E-state index is 0.192. The number of aromatic amines is 1. The maximum Gasteiger partial charge on any atom is 0.267 e. The summed E-state index contributed by atoms with van der Waals surface area (Å²) in [6.07, 6.45) is 0. The first kappa shape index (κ1) is 12.8. The quantitative estimate of drug-likeness (QED) is 0.777. The Morgan fingerprint density at radius 2 is 1.85 bits per heavy atom. The molecule has 0 spiro atoms. The third-order valence-electron chi connectivity index (χ3n) is 3.23. The summed E-state index contributed by atoms with van der Waals surface area (Å²) < 4.78 is 5.25. The number of aromatic nitrogens is 1. The number of benzene rings is 2. The number of fused-ring (bicyclic) bond motifs is 1. The van der Waals surface area contributed by atoms with Gasteiger partial charge in [0.25, 0.3) is 5.56 Å². The number of hydrogen-bond acceptors (Lipinski definition) is 2. The van der Waals surface area contributed by atoms with Gasteiger partial charge in [-0.1, -0.05) is 41.9 Å². The van der Waals surface area contributed by atoms with Crippen molar-refractivity contribution in [1.82, 2.24) is 4.98 Å². The maximum absolute atomic E-state index is 12.0. The van der Waals surface area contributed by atoms with Crippen LogP contribution in [0.1, 0.15) is 0 Å². The second kappa shape index (κ2) is 5.02. The second-order valence-corrected chi connectivity index (χ2v) is 4.80. The van der Waals surface area contributed by atoms with Crippen molar-refractivity contribution in [1.29, 1.82) is 0 Å². The van der Waals surface area contributed by atoms with Crippen LogP contribution in [-0.4, -0.2) is 12.1 Å². The van der Waals surface area contributed by atoms with Crippen molar-refractivity contribution in [3.05, 3.63) is 63.9 Å². The molecular formula is C16H12ClNO2. The Kier molecular flexibility index (Phi) is 3.20. The number of rotatable bonds is 2. The van der Waals surface area contributed by atoms with Crippen LogP contribution in [0, 0.1) is 0 Å². The van der Waals surface area contributed by atoms with Gasteiger partial charge in [-0.2, -0.15) is 0 Å². The highest BCUT2D eigenvalue weighted by Gasteiger charge is 2.13. The van der Waals surface area contributed by atoms with Crippen molar-refractivity contribution in [3.63, 3.8) is 0 Å². The first-order valence-electron chi connectivity index (χ1n) is 6.15. The molecule has 3 aromatic rings. The van der Waals surface area contributed by atoms with Crippen LogP contribution >= 0.6 is 11.6 Å². The van der Waals surface area contributed by atoms with Crippen LogP contribution in [0.3, 0.4) is 0 Å². The molecule has 0 aliphatic carbocycles. The zero-order chi connectivity index (χ0) is 14.1. The number of methoxy groups -OCH3 is 1. The van der Waals surface area contributed by atoms with E-state index in [0.717, 1.165) is 27.8 Å². The van der Waals surface area contributed by atoms with Gasteiger partial charge in [-0.05, 0) is 23.8 Å². The molecule has 0 amide bonds. The van der Waals surface area contributed by atoms with E-state index in [2.05, 4.69) is 4.98 Å². The average molecular weight is 286 g/mol. The van der Waals surface area contributed by atoms with Crippen LogP contribution < -0.4 is 10.3 Å². The highest BCUT2D eigenvalue weighted by atomic mass is 35.5. The molecule has 0 saturated carbocycles. The number of hydrogen-bond donors (Lipinski definition) is 1. The van der Waals surface area contributed by atoms with Gasteiger partial charge in [-0.15, -0.1) is 0 Å². The second-order valence-electron chi connectivity index (χ2n) is 4.42. The molecule has 20 heavy (non-hydrogen) atoms. The van der Waals surface area contributed by atoms with Crippen molar-refractivity contribution in [2.45, 2.75) is 0 Å². The number of halogens is 1. The summed E-state index contributed by atoms with van der Waals surface area (Å²) in [5.41, 5.74) is 2.08. The van der Waals surface area contributed by atoms with Gasteiger partial charge in [0.05, 0.1) is 7.11 Å². The third kappa shape index (κ3) is 2.06. The lowest BCUT2D eigenvalue weighted by atomic mass is 10.0. The lowest BCUT2D eigenvalue weighted by Gasteiger charge is -2.10. The van der Waals surface area contributed by atoms with Gasteiger partial charge in [-0.25, -0.2) is 0 Å². The van der Waals surface area contributed by atoms with E-state index in [1.807, 2.05) is 42.5 Å². The van der Waals surface area contributed by atoms with Crippen molar-refractivity contribution in [3.8, 4) is 16.9 Å². The van der Waals surface area contributed by atoms with Gasteiger partial charge >= 0.3 is 0 Å². The first-order valence-corrected chi connectivity index (χ1v) is 6.53. The predicted molar refractivity (Wildman–Crippen MR) is 81.6 cm³/mol. The van der Waals surface area contributed by atoms with Gasteiger partial charge in [-0.3, -0.25) is 4.79 Å². The van der Waals surface area contributed by atoms with E-state index in [-0.39, 0.29) is 10.6 Å². The predicted octanol–water partition coefficient (Wildman–Crippen LogP) is 3.86. The van der Waals surface area contributed by atoms with E-state index in [1.165, 1.54) is 0 Å². The Bertz CT molecular complexity index is 825. The normalized spacial score (nSPS) is 10.7. The van der Waals surface area contributed by atoms with Crippen molar-refractivity contribution in [2.75, 3.05) is 7.11 Å². The van der Waals surface area contributed by atoms with Crippen LogP contribution in [0.2, 0.25) is 5.02 Å². The Balaban J connectivity index is 2.44. The molecule has 0 bridgehead atoms. The summed E-state index contributed by atoms with van der Waals surface area (Å²) in [7, 11) is 1.61. The highest BCUT2D eigenvalue weighted by Crippen LogP contribution is 2.33. The fraction of sp³-hybridized carbons (Fsp3) is 0.0625. The van der Waals surface area contributed by atoms with Gasteiger partial charge in [0.15, 0.2) is 0 Å². The van der Waals surface area contributed by atoms with E-state index in [4.69, 9.17) is 16.3 Å². The molecule has 100 valence electrons. The molecule has 0 unspecified atom stereocenters. The first-order chi connectivity index (χ1) is 9.70. The molecule has 2 aromatic carbocycles. The zero-order valence-electron chi connectivity index (χ0n) is 10.8. The Hall–Kier alpha value is -2.26. The topological polar surface area (TPSA) is 42.1 Å². The molecule has 4 heteroatoms. The fourth-order valence-electron chi connectivity index (χ4n) is 2.26. The van der Waals surface area contributed by atoms with E-state index in [9.17, 15) is 4.79 Å². The van der Waals surface area contributed by atoms with E-state index >= 15 is 0 Å². The Morgan fingerprint density at radius 1 is 1.10 bits per heavy atom. The van der Waals surface area contributed by atoms with E-state index in [0.29, 0.717) is 0 Å². The molecule has 0 fully saturated rings. The molecule has 0 aliphatic heterocycles. The lowest BCUT2D eigenvalue weighted by molar-refractivity contribution is 0.415. The maximum atomic E-state index is 12.0. The summed E-state index contributed by atoms with van der Waals surface area (Å²) in [5.74, 6) is 0.720. The van der Waals surface area contributed by atoms with Crippen LogP contribution in [0.15, 0.2) is 53.3 Å². The lowest BCUT2D eigenvalue weighted by Crippen LogP contribution is -2.08. The molecule has 1 aromatic heterocycles. The molecule has 3 nitrogen and oxygen atoms in total. The van der Waals surface area contributed by atoms with Crippen molar-refractivity contribution >= 4 is 22.5 Å². The van der Waals surface area contributed by atoms with Gasteiger partial charge in [0.2, 0.25) is 0 Å². The Labute approximate surface area is 120 Å². The van der Waals surface area contributed by atoms with Crippen LogP contribution in [0.25, 0.3) is 22.0 Å². The SMILES string of the molecule is COc1ccc2[nH]c(=O)c(Cl)c(-c3ccccc3)c2c1. The molecule has 0 aliphatic rings. The van der Waals surface area contributed by atoms with Crippen LogP contribution in [-0.2, 0) is 0 Å². The van der Waals surface area contributed by atoms with E-state index in [1.54, 1.807) is 13.2 Å². The summed E-state index contributed by atoms with van der Waals surface area (Å²) in [5, 5.41) is 1.05. The van der Waals surface area contributed by atoms with Crippen LogP contribution in [0.5, 0.6) is 5.75 Å². The molecule has 0 radical (unpaired) electrons. The number of ether oxygens (including phenoxy) is 1. The molecule has 1 N–H and O–H groups in total. The summed E-state index contributed by atoms with van der Waals surface area (Å²) >= 11 is 6.22. The van der Waals surface area contributed by atoms with E-state index < -0.39 is 0 Å². The molecule has 3 rings (SSSR count). The smallest absolute Gasteiger partial charge is 0.267 e. The van der Waals surface area contributed by atoms with Crippen molar-refractivity contribution in [2.24, 2.45) is 0 Å². The standard InChI is InChI=1S/C16H12ClNO2/c1-20-11-7-8-13-12(9-11)14(15(17)16(19)18-13)10-5-3-2-4-6-10/h2-9H,1H3,(H,18,19). The average Bonchev–Trinajstić information content (AvgIpc) is 2.49. The minimum atomic E-state index is -0.289. The van der Waals surface area contributed by atoms with Gasteiger partial charge < -0.3 is 9.72 Å². The van der Waals surface area contributed by atoms with Gasteiger partial charge in [0.1, 0.15) is 10.8 Å². The molecule has 1 heterocycles. The number of pyridine rings is 1.